The molecular weight excluding hydrogens is 248 g/mol. The molecule has 92 valence electrons. The van der Waals surface area contributed by atoms with Crippen LogP contribution < -0.4 is 10.6 Å². The lowest BCUT2D eigenvalue weighted by Crippen LogP contribution is -2.22. The highest BCUT2D eigenvalue weighted by Gasteiger charge is 2.08. The molecule has 0 saturated heterocycles. The van der Waals surface area contributed by atoms with Gasteiger partial charge in [0.15, 0.2) is 0 Å². The number of hydrogen-bond acceptors (Lipinski definition) is 5. The van der Waals surface area contributed by atoms with Gasteiger partial charge in [0.05, 0.1) is 6.54 Å². The summed E-state index contributed by atoms with van der Waals surface area (Å²) >= 11 is 1.67. The number of rotatable bonds is 3. The average Bonchev–Trinajstić information content (AvgIpc) is 2.74. The van der Waals surface area contributed by atoms with E-state index in [0.29, 0.717) is 12.4 Å². The number of nitrogens with zero attached hydrogens (tertiary/aromatic N) is 3. The summed E-state index contributed by atoms with van der Waals surface area (Å²) in [5, 5.41) is 10.8. The van der Waals surface area contributed by atoms with E-state index in [-0.39, 0.29) is 5.69 Å². The Morgan fingerprint density at radius 1 is 1.61 bits per heavy atom. The summed E-state index contributed by atoms with van der Waals surface area (Å²) in [6.45, 7) is 2.72. The molecule has 5 nitrogen and oxygen atoms in total. The van der Waals surface area contributed by atoms with Crippen LogP contribution in [0.25, 0.3) is 0 Å². The smallest absolute Gasteiger partial charge is 0.347 e. The molecule has 6 heteroatoms. The number of aromatic nitrogens is 2. The first-order valence-corrected chi connectivity index (χ1v) is 6.23. The van der Waals surface area contributed by atoms with Gasteiger partial charge in [-0.25, -0.2) is 4.79 Å². The van der Waals surface area contributed by atoms with E-state index >= 15 is 0 Å². The largest absolute Gasteiger partial charge is 0.354 e. The van der Waals surface area contributed by atoms with Crippen molar-refractivity contribution in [3.8, 4) is 6.07 Å². The number of nitriles is 1. The summed E-state index contributed by atoms with van der Waals surface area (Å²) in [5.74, 6) is 0.503. The van der Waals surface area contributed by atoms with Crippen molar-refractivity contribution in [1.29, 1.82) is 5.26 Å². The minimum atomic E-state index is -0.501. The van der Waals surface area contributed by atoms with Crippen LogP contribution in [-0.4, -0.2) is 17.0 Å². The molecule has 0 amide bonds. The van der Waals surface area contributed by atoms with Crippen molar-refractivity contribution >= 4 is 17.2 Å². The van der Waals surface area contributed by atoms with Gasteiger partial charge in [-0.15, -0.1) is 11.3 Å². The molecule has 0 aromatic carbocycles. The number of H-pyrrole nitrogens is 1. The fourth-order valence-electron chi connectivity index (χ4n) is 1.56. The Labute approximate surface area is 108 Å². The second-order valence-corrected chi connectivity index (χ2v) is 4.95. The molecule has 0 aliphatic carbocycles. The minimum Gasteiger partial charge on any atom is -0.354 e. The van der Waals surface area contributed by atoms with E-state index in [9.17, 15) is 4.79 Å². The summed E-state index contributed by atoms with van der Waals surface area (Å²) in [4.78, 5) is 20.6. The highest BCUT2D eigenvalue weighted by Crippen LogP contribution is 2.19. The molecule has 2 heterocycles. The summed E-state index contributed by atoms with van der Waals surface area (Å²) in [6, 6.07) is 5.54. The maximum absolute atomic E-state index is 11.3. The number of aromatic amines is 1. The minimum absolute atomic E-state index is 0.222. The van der Waals surface area contributed by atoms with Gasteiger partial charge in [0.1, 0.15) is 17.6 Å². The zero-order valence-electron chi connectivity index (χ0n) is 10.1. The van der Waals surface area contributed by atoms with Crippen molar-refractivity contribution in [1.82, 2.24) is 9.97 Å². The van der Waals surface area contributed by atoms with E-state index in [1.165, 1.54) is 10.4 Å². The van der Waals surface area contributed by atoms with Crippen LogP contribution in [0.3, 0.4) is 0 Å². The lowest BCUT2D eigenvalue weighted by molar-refractivity contribution is 0.885. The molecular formula is C12H12N4OS. The third kappa shape index (κ3) is 2.57. The monoisotopic (exact) mass is 260 g/mol. The maximum Gasteiger partial charge on any atom is 0.347 e. The average molecular weight is 260 g/mol. The van der Waals surface area contributed by atoms with Gasteiger partial charge in [-0.3, -0.25) is 4.98 Å². The second-order valence-electron chi connectivity index (χ2n) is 3.95. The van der Waals surface area contributed by atoms with Gasteiger partial charge in [0, 0.05) is 18.0 Å². The molecule has 2 aromatic rings. The molecule has 0 unspecified atom stereocenters. The molecule has 0 atom stereocenters. The summed E-state index contributed by atoms with van der Waals surface area (Å²) < 4.78 is 0. The van der Waals surface area contributed by atoms with Crippen LogP contribution in [0, 0.1) is 18.3 Å². The Morgan fingerprint density at radius 2 is 2.39 bits per heavy atom. The normalized spacial score (nSPS) is 10.1. The first-order chi connectivity index (χ1) is 8.60. The van der Waals surface area contributed by atoms with E-state index in [0.717, 1.165) is 0 Å². The Morgan fingerprint density at radius 3 is 3.00 bits per heavy atom. The molecule has 2 aromatic heterocycles. The third-order valence-corrected chi connectivity index (χ3v) is 3.60. The molecule has 0 radical (unpaired) electrons. The van der Waals surface area contributed by atoms with Crippen molar-refractivity contribution in [2.75, 3.05) is 11.9 Å². The number of aryl methyl sites for hydroxylation is 1. The van der Waals surface area contributed by atoms with Crippen LogP contribution in [-0.2, 0) is 6.54 Å². The lowest BCUT2D eigenvalue weighted by Gasteiger charge is -2.17. The van der Waals surface area contributed by atoms with Gasteiger partial charge in [0.25, 0.3) is 0 Å². The molecule has 18 heavy (non-hydrogen) atoms. The summed E-state index contributed by atoms with van der Waals surface area (Å²) in [5.41, 5.74) is 0.941. The summed E-state index contributed by atoms with van der Waals surface area (Å²) in [6.07, 6.45) is 0. The van der Waals surface area contributed by atoms with Crippen LogP contribution in [0.4, 0.5) is 5.82 Å². The predicted octanol–water partition coefficient (Wildman–Crippen LogP) is 1.65. The van der Waals surface area contributed by atoms with Crippen LogP contribution in [0.15, 0.2) is 22.3 Å². The van der Waals surface area contributed by atoms with Crippen LogP contribution in [0.2, 0.25) is 0 Å². The van der Waals surface area contributed by atoms with Crippen molar-refractivity contribution in [2.24, 2.45) is 0 Å². The van der Waals surface area contributed by atoms with E-state index in [1.54, 1.807) is 17.4 Å². The molecule has 0 spiro atoms. The standard InChI is InChI=1S/C12H12N4OS/c1-8-3-4-18-10(8)7-16(2)11-5-9(6-13)14-12(17)15-11/h3-5H,7H2,1-2H3,(H,14,15,17). The Hall–Kier alpha value is -2.13. The van der Waals surface area contributed by atoms with Crippen LogP contribution in [0.1, 0.15) is 16.1 Å². The fourth-order valence-corrected chi connectivity index (χ4v) is 2.52. The Bertz CT molecular complexity index is 653. The fraction of sp³-hybridized carbons (Fsp3) is 0.250. The molecule has 0 saturated carbocycles. The van der Waals surface area contributed by atoms with Crippen LogP contribution in [0.5, 0.6) is 0 Å². The van der Waals surface area contributed by atoms with Crippen LogP contribution >= 0.6 is 11.3 Å². The van der Waals surface area contributed by atoms with Gasteiger partial charge in [-0.2, -0.15) is 10.2 Å². The third-order valence-electron chi connectivity index (χ3n) is 2.59. The highest BCUT2D eigenvalue weighted by atomic mass is 32.1. The van der Waals surface area contributed by atoms with Gasteiger partial charge >= 0.3 is 5.69 Å². The van der Waals surface area contributed by atoms with E-state index < -0.39 is 5.69 Å². The zero-order valence-corrected chi connectivity index (χ0v) is 10.9. The maximum atomic E-state index is 11.3. The number of thiophene rings is 1. The van der Waals surface area contributed by atoms with Gasteiger partial charge in [-0.1, -0.05) is 0 Å². The molecule has 0 aliphatic heterocycles. The molecule has 0 aliphatic rings. The van der Waals surface area contributed by atoms with Crippen molar-refractivity contribution in [3.63, 3.8) is 0 Å². The van der Waals surface area contributed by atoms with Gasteiger partial charge in [0.2, 0.25) is 0 Å². The SMILES string of the molecule is Cc1ccsc1CN(C)c1cc(C#N)[nH]c(=O)n1. The lowest BCUT2D eigenvalue weighted by atomic mass is 10.3. The van der Waals surface area contributed by atoms with E-state index in [1.807, 2.05) is 30.3 Å². The van der Waals surface area contributed by atoms with Gasteiger partial charge in [-0.05, 0) is 23.9 Å². The topological polar surface area (TPSA) is 72.8 Å². The summed E-state index contributed by atoms with van der Waals surface area (Å²) in [7, 11) is 1.85. The van der Waals surface area contributed by atoms with E-state index in [4.69, 9.17) is 5.26 Å². The van der Waals surface area contributed by atoms with Crippen molar-refractivity contribution in [2.45, 2.75) is 13.5 Å². The molecule has 0 bridgehead atoms. The number of anilines is 1. The molecule has 2 rings (SSSR count). The number of nitrogens with one attached hydrogen (secondary N) is 1. The first-order valence-electron chi connectivity index (χ1n) is 5.35. The predicted molar refractivity (Wildman–Crippen MR) is 70.7 cm³/mol. The highest BCUT2D eigenvalue weighted by molar-refractivity contribution is 7.10. The van der Waals surface area contributed by atoms with Crippen molar-refractivity contribution < 1.29 is 0 Å². The second kappa shape index (κ2) is 5.02. The molecule has 1 N–H and O–H groups in total. The Balaban J connectivity index is 2.27. The van der Waals surface area contributed by atoms with Crippen molar-refractivity contribution in [3.05, 3.63) is 44.1 Å². The van der Waals surface area contributed by atoms with Gasteiger partial charge < -0.3 is 4.90 Å². The number of hydrogen-bond donors (Lipinski definition) is 1. The first kappa shape index (κ1) is 12.3. The van der Waals surface area contributed by atoms with E-state index in [2.05, 4.69) is 16.0 Å². The quantitative estimate of drug-likeness (QED) is 0.910. The Kier molecular flexibility index (Phi) is 3.44. The zero-order chi connectivity index (χ0) is 13.1. The molecule has 0 fully saturated rings.